The van der Waals surface area contributed by atoms with E-state index in [1.807, 2.05) is 0 Å². The summed E-state index contributed by atoms with van der Waals surface area (Å²) in [6.45, 7) is 0.0167. The van der Waals surface area contributed by atoms with Crippen LogP contribution in [0, 0.1) is 5.82 Å². The molecule has 2 aromatic rings. The molecule has 23 heavy (non-hydrogen) atoms. The van der Waals surface area contributed by atoms with Gasteiger partial charge in [0.2, 0.25) is 10.0 Å². The van der Waals surface area contributed by atoms with E-state index in [2.05, 4.69) is 4.72 Å². The minimum Gasteiger partial charge on any atom is -0.375 e. The number of hydrogen-bond donors (Lipinski definition) is 1. The van der Waals surface area contributed by atoms with Gasteiger partial charge in [0, 0.05) is 18.7 Å². The maximum atomic E-state index is 13.3. The maximum absolute atomic E-state index is 13.3. The molecule has 4 nitrogen and oxygen atoms in total. The lowest BCUT2D eigenvalue weighted by Gasteiger charge is -2.17. The minimum atomic E-state index is -3.56. The summed E-state index contributed by atoms with van der Waals surface area (Å²) in [5.74, 6) is -0.584. The molecule has 0 heterocycles. The van der Waals surface area contributed by atoms with Crippen LogP contribution in [0.2, 0.25) is 5.02 Å². The van der Waals surface area contributed by atoms with Gasteiger partial charge in [-0.15, -0.1) is 0 Å². The van der Waals surface area contributed by atoms with Gasteiger partial charge in [-0.05, 0) is 35.4 Å². The highest BCUT2D eigenvalue weighted by Crippen LogP contribution is 2.18. The zero-order valence-corrected chi connectivity index (χ0v) is 14.1. The summed E-state index contributed by atoms with van der Waals surface area (Å²) in [6, 6.07) is 12.5. The van der Waals surface area contributed by atoms with Crippen molar-refractivity contribution in [1.29, 1.82) is 0 Å². The first-order valence-electron chi connectivity index (χ1n) is 6.89. The van der Waals surface area contributed by atoms with Crippen molar-refractivity contribution in [3.8, 4) is 0 Å². The second-order valence-corrected chi connectivity index (χ2v) is 7.26. The van der Waals surface area contributed by atoms with Gasteiger partial charge in [0.05, 0.1) is 11.9 Å². The van der Waals surface area contributed by atoms with E-state index in [1.54, 1.807) is 36.4 Å². The van der Waals surface area contributed by atoms with Crippen LogP contribution in [0.4, 0.5) is 4.39 Å². The minimum absolute atomic E-state index is 0.0167. The molecule has 0 aromatic heterocycles. The van der Waals surface area contributed by atoms with E-state index in [1.165, 1.54) is 19.2 Å². The summed E-state index contributed by atoms with van der Waals surface area (Å²) in [6.07, 6.45) is -0.570. The Morgan fingerprint density at radius 3 is 2.61 bits per heavy atom. The zero-order valence-electron chi connectivity index (χ0n) is 12.5. The lowest BCUT2D eigenvalue weighted by molar-refractivity contribution is 0.107. The molecular formula is C16H17ClFNO3S. The van der Waals surface area contributed by atoms with E-state index in [9.17, 15) is 12.8 Å². The lowest BCUT2D eigenvalue weighted by Crippen LogP contribution is -2.30. The van der Waals surface area contributed by atoms with Gasteiger partial charge in [0.25, 0.3) is 0 Å². The molecule has 0 bridgehead atoms. The molecule has 1 N–H and O–H groups in total. The van der Waals surface area contributed by atoms with Gasteiger partial charge < -0.3 is 4.74 Å². The Morgan fingerprint density at radius 2 is 1.96 bits per heavy atom. The maximum Gasteiger partial charge on any atom is 0.215 e. The fourth-order valence-corrected chi connectivity index (χ4v) is 3.48. The highest BCUT2D eigenvalue weighted by atomic mass is 35.5. The second kappa shape index (κ2) is 7.88. The third-order valence-corrected chi connectivity index (χ3v) is 4.79. The Morgan fingerprint density at radius 1 is 1.22 bits per heavy atom. The third-order valence-electron chi connectivity index (χ3n) is 3.24. The Labute approximate surface area is 140 Å². The number of rotatable bonds is 7. The second-order valence-electron chi connectivity index (χ2n) is 5.02. The molecule has 0 fully saturated rings. The van der Waals surface area contributed by atoms with Crippen LogP contribution < -0.4 is 4.72 Å². The van der Waals surface area contributed by atoms with Crippen LogP contribution >= 0.6 is 11.6 Å². The Balaban J connectivity index is 2.02. The predicted molar refractivity (Wildman–Crippen MR) is 88.2 cm³/mol. The highest BCUT2D eigenvalue weighted by Gasteiger charge is 2.17. The van der Waals surface area contributed by atoms with Crippen molar-refractivity contribution in [3.05, 3.63) is 70.5 Å². The van der Waals surface area contributed by atoms with E-state index in [4.69, 9.17) is 16.3 Å². The number of ether oxygens (including phenoxy) is 1. The molecule has 0 aliphatic rings. The van der Waals surface area contributed by atoms with Gasteiger partial charge in [-0.2, -0.15) is 0 Å². The summed E-state index contributed by atoms with van der Waals surface area (Å²) < 4.78 is 45.3. The van der Waals surface area contributed by atoms with Crippen LogP contribution in [0.15, 0.2) is 48.5 Å². The molecule has 2 aromatic carbocycles. The summed E-state index contributed by atoms with van der Waals surface area (Å²) in [5, 5.41) is 0.479. The molecule has 124 valence electrons. The van der Waals surface area contributed by atoms with Crippen molar-refractivity contribution in [2.75, 3.05) is 13.7 Å². The fourth-order valence-electron chi connectivity index (χ4n) is 2.14. The Bertz CT molecular complexity index is 767. The Hall–Kier alpha value is -1.47. The molecule has 2 rings (SSSR count). The lowest BCUT2D eigenvalue weighted by atomic mass is 10.1. The highest BCUT2D eigenvalue weighted by molar-refractivity contribution is 7.88. The quantitative estimate of drug-likeness (QED) is 0.827. The first-order valence-corrected chi connectivity index (χ1v) is 8.93. The van der Waals surface area contributed by atoms with Crippen molar-refractivity contribution in [2.24, 2.45) is 0 Å². The first kappa shape index (κ1) is 17.9. The smallest absolute Gasteiger partial charge is 0.215 e. The molecule has 0 amide bonds. The molecular weight excluding hydrogens is 341 g/mol. The number of sulfonamides is 1. The molecule has 1 unspecified atom stereocenters. The van der Waals surface area contributed by atoms with Gasteiger partial charge in [0.15, 0.2) is 0 Å². The molecule has 7 heteroatoms. The number of benzene rings is 2. The summed E-state index contributed by atoms with van der Waals surface area (Å²) in [7, 11) is -2.11. The topological polar surface area (TPSA) is 55.4 Å². The molecule has 0 aliphatic heterocycles. The fraction of sp³-hybridized carbons (Fsp3) is 0.250. The van der Waals surface area contributed by atoms with Gasteiger partial charge in [-0.25, -0.2) is 17.5 Å². The average molecular weight is 358 g/mol. The van der Waals surface area contributed by atoms with Crippen molar-refractivity contribution in [1.82, 2.24) is 4.72 Å². The van der Waals surface area contributed by atoms with E-state index in [0.29, 0.717) is 16.1 Å². The van der Waals surface area contributed by atoms with Crippen molar-refractivity contribution >= 4 is 21.6 Å². The van der Waals surface area contributed by atoms with E-state index >= 15 is 0 Å². The monoisotopic (exact) mass is 357 g/mol. The number of hydrogen-bond acceptors (Lipinski definition) is 3. The summed E-state index contributed by atoms with van der Waals surface area (Å²) in [5.41, 5.74) is 1.16. The van der Waals surface area contributed by atoms with Crippen molar-refractivity contribution < 1.29 is 17.5 Å². The van der Waals surface area contributed by atoms with Crippen LogP contribution in [0.3, 0.4) is 0 Å². The summed E-state index contributed by atoms with van der Waals surface area (Å²) in [4.78, 5) is 0. The van der Waals surface area contributed by atoms with Crippen LogP contribution in [-0.4, -0.2) is 22.1 Å². The van der Waals surface area contributed by atoms with Gasteiger partial charge in [-0.1, -0.05) is 35.9 Å². The Kier molecular flexibility index (Phi) is 6.12. The molecule has 0 spiro atoms. The van der Waals surface area contributed by atoms with Crippen LogP contribution in [0.25, 0.3) is 0 Å². The third kappa shape index (κ3) is 5.58. The number of halogens is 2. The molecule has 0 saturated heterocycles. The largest absolute Gasteiger partial charge is 0.375 e. The summed E-state index contributed by atoms with van der Waals surface area (Å²) >= 11 is 5.85. The molecule has 0 radical (unpaired) electrons. The van der Waals surface area contributed by atoms with Crippen LogP contribution in [0.5, 0.6) is 0 Å². The SMILES string of the molecule is COC(CNS(=O)(=O)Cc1cccc(Cl)c1)c1cccc(F)c1. The molecule has 1 atom stereocenters. The van der Waals surface area contributed by atoms with Crippen molar-refractivity contribution in [2.45, 2.75) is 11.9 Å². The van der Waals surface area contributed by atoms with E-state index in [-0.39, 0.29) is 12.3 Å². The van der Waals surface area contributed by atoms with E-state index in [0.717, 1.165) is 0 Å². The first-order chi connectivity index (χ1) is 10.9. The zero-order chi connectivity index (χ0) is 16.9. The number of methoxy groups -OCH3 is 1. The normalized spacial score (nSPS) is 13.0. The van der Waals surface area contributed by atoms with Crippen molar-refractivity contribution in [3.63, 3.8) is 0 Å². The molecule has 0 aliphatic carbocycles. The van der Waals surface area contributed by atoms with Crippen LogP contribution in [-0.2, 0) is 20.5 Å². The average Bonchev–Trinajstić information content (AvgIpc) is 2.47. The molecule has 0 saturated carbocycles. The van der Waals surface area contributed by atoms with Gasteiger partial charge in [0.1, 0.15) is 5.82 Å². The van der Waals surface area contributed by atoms with Gasteiger partial charge in [-0.3, -0.25) is 0 Å². The van der Waals surface area contributed by atoms with Crippen LogP contribution in [0.1, 0.15) is 17.2 Å². The predicted octanol–water partition coefficient (Wildman–Crippen LogP) is 3.29. The number of nitrogens with one attached hydrogen (secondary N) is 1. The standard InChI is InChI=1S/C16H17ClFNO3S/c1-22-16(13-5-3-7-15(18)9-13)10-19-23(20,21)11-12-4-2-6-14(17)8-12/h2-9,16,19H,10-11H2,1H3. The van der Waals surface area contributed by atoms with E-state index < -0.39 is 21.9 Å². The van der Waals surface area contributed by atoms with Gasteiger partial charge >= 0.3 is 0 Å².